The van der Waals surface area contributed by atoms with E-state index >= 15 is 0 Å². The van der Waals surface area contributed by atoms with Crippen molar-refractivity contribution in [2.24, 2.45) is 0 Å². The lowest BCUT2D eigenvalue weighted by molar-refractivity contribution is -0.151. The summed E-state index contributed by atoms with van der Waals surface area (Å²) < 4.78 is 17.8. The molecular formula is C26H35N3O7. The highest BCUT2D eigenvalue weighted by molar-refractivity contribution is 6.15. The van der Waals surface area contributed by atoms with Gasteiger partial charge in [-0.15, -0.1) is 0 Å². The zero-order chi connectivity index (χ0) is 26.8. The fourth-order valence-corrected chi connectivity index (χ4v) is 3.95. The number of nitrogens with zero attached hydrogens (tertiary/aromatic N) is 3. The van der Waals surface area contributed by atoms with Gasteiger partial charge in [-0.25, -0.2) is 9.59 Å². The van der Waals surface area contributed by atoms with Crippen LogP contribution in [0.3, 0.4) is 0 Å². The van der Waals surface area contributed by atoms with Gasteiger partial charge in [0, 0.05) is 36.7 Å². The zero-order valence-corrected chi connectivity index (χ0v) is 22.0. The molecule has 1 unspecified atom stereocenters. The quantitative estimate of drug-likeness (QED) is 0.549. The number of methoxy groups -OCH3 is 1. The van der Waals surface area contributed by atoms with Crippen molar-refractivity contribution in [3.63, 3.8) is 0 Å². The van der Waals surface area contributed by atoms with Crippen LogP contribution in [-0.2, 0) is 23.8 Å². The molecule has 0 saturated carbocycles. The predicted molar refractivity (Wildman–Crippen MR) is 134 cm³/mol. The third-order valence-electron chi connectivity index (χ3n) is 5.44. The summed E-state index contributed by atoms with van der Waals surface area (Å²) in [7, 11) is 1.51. The smallest absolute Gasteiger partial charge is 0.424 e. The molecule has 3 rings (SSSR count). The molecule has 1 saturated heterocycles. The molecule has 4 amide bonds. The fraction of sp³-hybridized carbons (Fsp3) is 0.538. The number of benzene rings is 1. The third kappa shape index (κ3) is 6.23. The van der Waals surface area contributed by atoms with Crippen LogP contribution in [-0.4, -0.2) is 64.9 Å². The summed E-state index contributed by atoms with van der Waals surface area (Å²) in [6.45, 7) is 10.7. The number of aromatic nitrogens is 1. The van der Waals surface area contributed by atoms with Gasteiger partial charge in [0.05, 0.1) is 18.8 Å². The Morgan fingerprint density at radius 2 is 1.61 bits per heavy atom. The number of piperidine rings is 1. The van der Waals surface area contributed by atoms with Gasteiger partial charge < -0.3 is 18.8 Å². The van der Waals surface area contributed by atoms with E-state index in [0.29, 0.717) is 17.2 Å². The summed E-state index contributed by atoms with van der Waals surface area (Å²) >= 11 is 0. The Kier molecular flexibility index (Phi) is 7.78. The van der Waals surface area contributed by atoms with Gasteiger partial charge in [0.15, 0.2) is 0 Å². The second kappa shape index (κ2) is 10.3. The van der Waals surface area contributed by atoms with E-state index in [-0.39, 0.29) is 37.1 Å². The number of rotatable bonds is 5. The van der Waals surface area contributed by atoms with E-state index < -0.39 is 29.4 Å². The molecule has 1 aromatic heterocycles. The largest absolute Gasteiger partial charge is 0.443 e. The van der Waals surface area contributed by atoms with Crippen LogP contribution < -0.4 is 4.90 Å². The lowest BCUT2D eigenvalue weighted by Crippen LogP contribution is -2.46. The number of anilines is 1. The van der Waals surface area contributed by atoms with Crippen molar-refractivity contribution in [1.82, 2.24) is 9.47 Å². The van der Waals surface area contributed by atoms with Gasteiger partial charge >= 0.3 is 12.2 Å². The zero-order valence-electron chi connectivity index (χ0n) is 22.0. The Morgan fingerprint density at radius 1 is 1.00 bits per heavy atom. The van der Waals surface area contributed by atoms with Crippen molar-refractivity contribution >= 4 is 40.5 Å². The molecule has 0 N–H and O–H groups in total. The van der Waals surface area contributed by atoms with Crippen LogP contribution in [0.5, 0.6) is 0 Å². The van der Waals surface area contributed by atoms with Crippen molar-refractivity contribution in [2.45, 2.75) is 71.6 Å². The standard InChI is InChI=1S/C26H35N3O7/c1-25(2,3)35-23(32)29(24(33)36-26(4,5)6)19-10-8-9-17-15-27(16-18(17)19)20-11-12-21(30)28(22(20)31)13-14-34-7/h8-10,15-16,20H,11-14H2,1-7H3. The molecule has 2 aromatic rings. The maximum absolute atomic E-state index is 13.2. The lowest BCUT2D eigenvalue weighted by Gasteiger charge is -2.31. The maximum Gasteiger partial charge on any atom is 0.424 e. The van der Waals surface area contributed by atoms with E-state index in [0.717, 1.165) is 4.90 Å². The number of amides is 4. The topological polar surface area (TPSA) is 107 Å². The molecule has 0 bridgehead atoms. The summed E-state index contributed by atoms with van der Waals surface area (Å²) in [4.78, 5) is 53.9. The monoisotopic (exact) mass is 501 g/mol. The van der Waals surface area contributed by atoms with Crippen molar-refractivity contribution in [1.29, 1.82) is 0 Å². The van der Waals surface area contributed by atoms with Crippen LogP contribution in [0.15, 0.2) is 30.6 Å². The molecule has 1 aromatic carbocycles. The van der Waals surface area contributed by atoms with Gasteiger partial charge in [0.1, 0.15) is 17.2 Å². The number of hydrogen-bond acceptors (Lipinski definition) is 7. The Bertz CT molecular complexity index is 1130. The van der Waals surface area contributed by atoms with Crippen molar-refractivity contribution < 1.29 is 33.4 Å². The lowest BCUT2D eigenvalue weighted by atomic mass is 10.0. The first-order chi connectivity index (χ1) is 16.7. The fourth-order valence-electron chi connectivity index (χ4n) is 3.95. The van der Waals surface area contributed by atoms with E-state index in [1.165, 1.54) is 12.0 Å². The highest BCUT2D eigenvalue weighted by Crippen LogP contribution is 2.33. The highest BCUT2D eigenvalue weighted by atomic mass is 16.6. The van der Waals surface area contributed by atoms with Crippen LogP contribution in [0.2, 0.25) is 0 Å². The van der Waals surface area contributed by atoms with E-state index in [1.54, 1.807) is 70.6 Å². The number of carbonyl (C=O) groups is 4. The van der Waals surface area contributed by atoms with E-state index in [2.05, 4.69) is 0 Å². The number of hydrogen-bond donors (Lipinski definition) is 0. The molecule has 0 aliphatic carbocycles. The molecule has 196 valence electrons. The molecule has 1 atom stereocenters. The Morgan fingerprint density at radius 3 is 2.17 bits per heavy atom. The van der Waals surface area contributed by atoms with Gasteiger partial charge in [-0.2, -0.15) is 4.90 Å². The molecule has 10 heteroatoms. The number of ether oxygens (including phenoxy) is 3. The van der Waals surface area contributed by atoms with Crippen molar-refractivity contribution in [3.8, 4) is 0 Å². The van der Waals surface area contributed by atoms with Crippen LogP contribution >= 0.6 is 0 Å². The summed E-state index contributed by atoms with van der Waals surface area (Å²) in [5, 5.41) is 1.26. The minimum absolute atomic E-state index is 0.182. The SMILES string of the molecule is COCCN1C(=O)CCC(n2cc3cccc(N(C(=O)OC(C)(C)C)C(=O)OC(C)(C)C)c3c2)C1=O. The third-order valence-corrected chi connectivity index (χ3v) is 5.44. The molecule has 2 heterocycles. The highest BCUT2D eigenvalue weighted by Gasteiger charge is 2.37. The second-order valence-electron chi connectivity index (χ2n) is 10.7. The minimum atomic E-state index is -0.873. The van der Waals surface area contributed by atoms with Crippen LogP contribution in [0.1, 0.15) is 60.4 Å². The molecule has 0 radical (unpaired) electrons. The van der Waals surface area contributed by atoms with E-state index in [4.69, 9.17) is 14.2 Å². The maximum atomic E-state index is 13.2. The summed E-state index contributed by atoms with van der Waals surface area (Å²) in [6.07, 6.45) is 2.31. The van der Waals surface area contributed by atoms with Crippen molar-refractivity contribution in [3.05, 3.63) is 30.6 Å². The molecule has 1 aliphatic rings. The summed E-state index contributed by atoms with van der Waals surface area (Å²) in [5.41, 5.74) is -1.42. The first-order valence-corrected chi connectivity index (χ1v) is 11.9. The average Bonchev–Trinajstić information content (AvgIpc) is 3.16. The summed E-state index contributed by atoms with van der Waals surface area (Å²) in [6, 6.07) is 4.55. The summed E-state index contributed by atoms with van der Waals surface area (Å²) in [5.74, 6) is -0.548. The van der Waals surface area contributed by atoms with Gasteiger partial charge in [-0.1, -0.05) is 12.1 Å². The first-order valence-electron chi connectivity index (χ1n) is 11.9. The second-order valence-corrected chi connectivity index (χ2v) is 10.7. The van der Waals surface area contributed by atoms with Gasteiger partial charge in [-0.3, -0.25) is 14.5 Å². The molecule has 36 heavy (non-hydrogen) atoms. The number of carbonyl (C=O) groups excluding carboxylic acids is 4. The number of likely N-dealkylation sites (tertiary alicyclic amines) is 1. The molecule has 1 fully saturated rings. The van der Waals surface area contributed by atoms with E-state index in [1.807, 2.05) is 6.07 Å². The van der Waals surface area contributed by atoms with Crippen molar-refractivity contribution in [2.75, 3.05) is 25.2 Å². The normalized spacial score (nSPS) is 16.9. The predicted octanol–water partition coefficient (Wildman–Crippen LogP) is 4.65. The average molecular weight is 502 g/mol. The minimum Gasteiger partial charge on any atom is -0.443 e. The van der Waals surface area contributed by atoms with Crippen LogP contribution in [0, 0.1) is 0 Å². The number of fused-ring (bicyclic) bond motifs is 1. The van der Waals surface area contributed by atoms with Crippen LogP contribution in [0.4, 0.5) is 15.3 Å². The van der Waals surface area contributed by atoms with Gasteiger partial charge in [-0.05, 0) is 54.0 Å². The molecule has 10 nitrogen and oxygen atoms in total. The van der Waals surface area contributed by atoms with Gasteiger partial charge in [0.25, 0.3) is 5.91 Å². The van der Waals surface area contributed by atoms with Gasteiger partial charge in [0.2, 0.25) is 5.91 Å². The molecular weight excluding hydrogens is 466 g/mol. The van der Waals surface area contributed by atoms with Crippen LogP contribution in [0.25, 0.3) is 10.8 Å². The number of imide groups is 2. The molecule has 0 spiro atoms. The Hall–Kier alpha value is -3.40. The first kappa shape index (κ1) is 27.2. The van der Waals surface area contributed by atoms with E-state index in [9.17, 15) is 19.2 Å². The molecule has 1 aliphatic heterocycles. The Labute approximate surface area is 211 Å². The Balaban J connectivity index is 2.04.